The van der Waals surface area contributed by atoms with Crippen LogP contribution < -0.4 is 10.1 Å². The number of esters is 1. The number of methoxy groups -OCH3 is 1. The van der Waals surface area contributed by atoms with Gasteiger partial charge < -0.3 is 14.8 Å². The van der Waals surface area contributed by atoms with Crippen LogP contribution in [0.3, 0.4) is 0 Å². The number of rotatable bonds is 9. The van der Waals surface area contributed by atoms with Crippen molar-refractivity contribution in [2.45, 2.75) is 20.0 Å². The number of benzene rings is 2. The number of Topliss-reactive ketones (excluding diaryl/α,β-unsaturated/α-hetero) is 1. The van der Waals surface area contributed by atoms with Crippen LogP contribution in [0.4, 0.5) is 0 Å². The Labute approximate surface area is 164 Å². The lowest BCUT2D eigenvalue weighted by molar-refractivity contribution is -0.144. The topological polar surface area (TPSA) is 81.7 Å². The predicted octanol–water partition coefficient (Wildman–Crippen LogP) is 3.16. The van der Waals surface area contributed by atoms with E-state index in [0.29, 0.717) is 16.9 Å². The summed E-state index contributed by atoms with van der Waals surface area (Å²) < 4.78 is 10.4. The summed E-state index contributed by atoms with van der Waals surface area (Å²) in [5, 5.41) is 2.63. The van der Waals surface area contributed by atoms with Gasteiger partial charge in [0.15, 0.2) is 5.78 Å². The Hall–Kier alpha value is -3.41. The van der Waals surface area contributed by atoms with Crippen molar-refractivity contribution in [1.82, 2.24) is 5.32 Å². The lowest BCUT2D eigenvalue weighted by atomic mass is 10.1. The Bertz CT molecular complexity index is 858. The average Bonchev–Trinajstić information content (AvgIpc) is 2.71. The molecule has 2 rings (SSSR count). The van der Waals surface area contributed by atoms with E-state index in [2.05, 4.69) is 5.32 Å². The summed E-state index contributed by atoms with van der Waals surface area (Å²) in [6.45, 7) is 1.62. The highest BCUT2D eigenvalue weighted by Gasteiger charge is 2.10. The van der Waals surface area contributed by atoms with Gasteiger partial charge in [-0.3, -0.25) is 14.4 Å². The SMILES string of the molecule is COc1ccc(C(C)=O)cc1COC(=O)CCNC(=O)/C=C/c1ccccc1. The lowest BCUT2D eigenvalue weighted by Gasteiger charge is -2.11. The Kier molecular flexibility index (Phi) is 7.96. The normalized spacial score (nSPS) is 10.5. The molecule has 6 nitrogen and oxygen atoms in total. The van der Waals surface area contributed by atoms with Crippen LogP contribution in [0.25, 0.3) is 6.08 Å². The number of ether oxygens (including phenoxy) is 2. The molecule has 0 aliphatic rings. The molecule has 1 N–H and O–H groups in total. The molecule has 0 fully saturated rings. The Morgan fingerprint density at radius 3 is 2.50 bits per heavy atom. The standard InChI is InChI=1S/C22H23NO5/c1-16(24)18-9-10-20(27-2)19(14-18)15-28-22(26)12-13-23-21(25)11-8-17-6-4-3-5-7-17/h3-11,14H,12-13,15H2,1-2H3,(H,23,25)/b11-8+. The quantitative estimate of drug-likeness (QED) is 0.410. The van der Waals surface area contributed by atoms with Gasteiger partial charge in [-0.15, -0.1) is 0 Å². The summed E-state index contributed by atoms with van der Waals surface area (Å²) in [6.07, 6.45) is 3.15. The minimum absolute atomic E-state index is 0.00895. The summed E-state index contributed by atoms with van der Waals surface area (Å²) in [5.74, 6) is -0.284. The third kappa shape index (κ3) is 6.72. The van der Waals surface area contributed by atoms with Gasteiger partial charge in [-0.2, -0.15) is 0 Å². The number of carbonyl (C=O) groups is 3. The smallest absolute Gasteiger partial charge is 0.307 e. The van der Waals surface area contributed by atoms with Gasteiger partial charge in [0.25, 0.3) is 0 Å². The number of nitrogens with one attached hydrogen (secondary N) is 1. The molecule has 0 radical (unpaired) electrons. The van der Waals surface area contributed by atoms with Gasteiger partial charge in [-0.25, -0.2) is 0 Å². The maximum atomic E-state index is 11.9. The summed E-state index contributed by atoms with van der Waals surface area (Å²) in [7, 11) is 1.51. The lowest BCUT2D eigenvalue weighted by Crippen LogP contribution is -2.24. The van der Waals surface area contributed by atoms with E-state index < -0.39 is 5.97 Å². The van der Waals surface area contributed by atoms with Gasteiger partial charge in [-0.1, -0.05) is 30.3 Å². The van der Waals surface area contributed by atoms with E-state index in [-0.39, 0.29) is 31.3 Å². The highest BCUT2D eigenvalue weighted by Crippen LogP contribution is 2.21. The largest absolute Gasteiger partial charge is 0.496 e. The van der Waals surface area contributed by atoms with E-state index >= 15 is 0 Å². The molecule has 0 heterocycles. The van der Waals surface area contributed by atoms with E-state index in [9.17, 15) is 14.4 Å². The summed E-state index contributed by atoms with van der Waals surface area (Å²) >= 11 is 0. The molecule has 2 aromatic rings. The van der Waals surface area contributed by atoms with E-state index in [1.165, 1.54) is 20.1 Å². The van der Waals surface area contributed by atoms with Crippen molar-refractivity contribution in [3.63, 3.8) is 0 Å². The van der Waals surface area contributed by atoms with Crippen molar-refractivity contribution >= 4 is 23.7 Å². The van der Waals surface area contributed by atoms with Crippen molar-refractivity contribution in [3.05, 3.63) is 71.3 Å². The zero-order valence-corrected chi connectivity index (χ0v) is 15.9. The maximum absolute atomic E-state index is 11.9. The zero-order valence-electron chi connectivity index (χ0n) is 15.9. The van der Waals surface area contributed by atoms with Gasteiger partial charge in [0.2, 0.25) is 5.91 Å². The number of hydrogen-bond acceptors (Lipinski definition) is 5. The molecule has 146 valence electrons. The van der Waals surface area contributed by atoms with Gasteiger partial charge in [0.05, 0.1) is 13.5 Å². The first kappa shape index (κ1) is 20.9. The van der Waals surface area contributed by atoms with Crippen LogP contribution in [-0.4, -0.2) is 31.3 Å². The minimum atomic E-state index is -0.456. The molecular weight excluding hydrogens is 358 g/mol. The van der Waals surface area contributed by atoms with Crippen LogP contribution >= 0.6 is 0 Å². The average molecular weight is 381 g/mol. The Morgan fingerprint density at radius 1 is 1.07 bits per heavy atom. The maximum Gasteiger partial charge on any atom is 0.307 e. The minimum Gasteiger partial charge on any atom is -0.496 e. The Morgan fingerprint density at radius 2 is 1.82 bits per heavy atom. The second-order valence-corrected chi connectivity index (χ2v) is 6.03. The number of amides is 1. The second kappa shape index (κ2) is 10.7. The van der Waals surface area contributed by atoms with Crippen molar-refractivity contribution in [1.29, 1.82) is 0 Å². The van der Waals surface area contributed by atoms with Crippen molar-refractivity contribution in [3.8, 4) is 5.75 Å². The molecule has 0 atom stereocenters. The first-order valence-electron chi connectivity index (χ1n) is 8.84. The predicted molar refractivity (Wildman–Crippen MR) is 106 cm³/mol. The van der Waals surface area contributed by atoms with Gasteiger partial charge in [0.1, 0.15) is 12.4 Å². The number of hydrogen-bond donors (Lipinski definition) is 1. The summed E-state index contributed by atoms with van der Waals surface area (Å²) in [4.78, 5) is 35.1. The van der Waals surface area contributed by atoms with Gasteiger partial charge >= 0.3 is 5.97 Å². The van der Waals surface area contributed by atoms with Crippen molar-refractivity contribution in [2.24, 2.45) is 0 Å². The first-order valence-corrected chi connectivity index (χ1v) is 8.84. The molecule has 2 aromatic carbocycles. The zero-order chi connectivity index (χ0) is 20.4. The first-order chi connectivity index (χ1) is 13.5. The van der Waals surface area contributed by atoms with E-state index in [1.54, 1.807) is 24.3 Å². The second-order valence-electron chi connectivity index (χ2n) is 6.03. The molecule has 6 heteroatoms. The highest BCUT2D eigenvalue weighted by atomic mass is 16.5. The molecule has 0 saturated carbocycles. The van der Waals surface area contributed by atoms with Gasteiger partial charge in [-0.05, 0) is 36.8 Å². The summed E-state index contributed by atoms with van der Waals surface area (Å²) in [6, 6.07) is 14.4. The molecule has 0 aliphatic heterocycles. The molecule has 0 saturated heterocycles. The van der Waals surface area contributed by atoms with Crippen molar-refractivity contribution in [2.75, 3.05) is 13.7 Å². The monoisotopic (exact) mass is 381 g/mol. The Balaban J connectivity index is 1.77. The fourth-order valence-electron chi connectivity index (χ4n) is 2.42. The highest BCUT2D eigenvalue weighted by molar-refractivity contribution is 5.94. The van der Waals surface area contributed by atoms with E-state index in [0.717, 1.165) is 5.56 Å². The van der Waals surface area contributed by atoms with Crippen LogP contribution in [0.5, 0.6) is 5.75 Å². The van der Waals surface area contributed by atoms with Crippen LogP contribution in [0.15, 0.2) is 54.6 Å². The molecule has 0 bridgehead atoms. The fourth-order valence-corrected chi connectivity index (χ4v) is 2.42. The summed E-state index contributed by atoms with van der Waals surface area (Å²) in [5.41, 5.74) is 2.04. The molecule has 28 heavy (non-hydrogen) atoms. The van der Waals surface area contributed by atoms with Crippen LogP contribution in [0, 0.1) is 0 Å². The fraction of sp³-hybridized carbons (Fsp3) is 0.227. The number of carbonyl (C=O) groups excluding carboxylic acids is 3. The molecule has 0 aliphatic carbocycles. The third-order valence-corrected chi connectivity index (χ3v) is 3.93. The molecule has 0 unspecified atom stereocenters. The molecule has 0 spiro atoms. The van der Waals surface area contributed by atoms with Crippen LogP contribution in [0.1, 0.15) is 34.8 Å². The van der Waals surface area contributed by atoms with Crippen molar-refractivity contribution < 1.29 is 23.9 Å². The molecular formula is C22H23NO5. The van der Waals surface area contributed by atoms with Crippen LogP contribution in [-0.2, 0) is 20.9 Å². The van der Waals surface area contributed by atoms with Crippen LogP contribution in [0.2, 0.25) is 0 Å². The van der Waals surface area contributed by atoms with E-state index in [4.69, 9.17) is 9.47 Å². The third-order valence-electron chi connectivity index (χ3n) is 3.93. The van der Waals surface area contributed by atoms with Gasteiger partial charge in [0, 0.05) is 23.7 Å². The molecule has 1 amide bonds. The molecule has 0 aromatic heterocycles. The number of ketones is 1. The van der Waals surface area contributed by atoms with E-state index in [1.807, 2.05) is 30.3 Å².